The molecule has 2 heterocycles. The van der Waals surface area contributed by atoms with Crippen LogP contribution >= 0.6 is 11.3 Å². The monoisotopic (exact) mass is 222 g/mol. The van der Waals surface area contributed by atoms with Gasteiger partial charge in [0.2, 0.25) is 0 Å². The number of thiophene rings is 1. The lowest BCUT2D eigenvalue weighted by Gasteiger charge is -1.91. The number of nitrogens with two attached hydrogens (primary N) is 1. The second kappa shape index (κ2) is 5.11. The maximum atomic E-state index is 8.36. The molecular weight excluding hydrogens is 212 g/mol. The number of fused-ring (bicyclic) bond motifs is 1. The fourth-order valence-electron chi connectivity index (χ4n) is 1.08. The third-order valence-corrected chi connectivity index (χ3v) is 2.83. The number of carbonyl (C=O) groups is 1. The molecule has 15 heavy (non-hydrogen) atoms. The van der Waals surface area contributed by atoms with E-state index < -0.39 is 0 Å². The van der Waals surface area contributed by atoms with Gasteiger partial charge in [0.05, 0.1) is 15.9 Å². The first-order valence-corrected chi connectivity index (χ1v) is 4.89. The van der Waals surface area contributed by atoms with Crippen molar-refractivity contribution in [3.63, 3.8) is 0 Å². The van der Waals surface area contributed by atoms with Gasteiger partial charge in [-0.1, -0.05) is 12.7 Å². The van der Waals surface area contributed by atoms with Gasteiger partial charge in [0, 0.05) is 11.1 Å². The van der Waals surface area contributed by atoms with Crippen molar-refractivity contribution in [2.75, 3.05) is 5.73 Å². The Hall–Kier alpha value is -1.88. The summed E-state index contributed by atoms with van der Waals surface area (Å²) in [4.78, 5) is 13.7. The van der Waals surface area contributed by atoms with Crippen LogP contribution in [0.1, 0.15) is 4.88 Å². The molecule has 0 saturated carbocycles. The Bertz CT molecular complexity index is 479. The summed E-state index contributed by atoms with van der Waals surface area (Å²) in [5.41, 5.74) is 7.50. The topological polar surface area (TPSA) is 76.2 Å². The van der Waals surface area contributed by atoms with Crippen molar-refractivity contribution in [2.24, 2.45) is 0 Å². The molecule has 0 aliphatic rings. The first-order chi connectivity index (χ1) is 7.22. The third kappa shape index (κ3) is 2.54. The first kappa shape index (κ1) is 11.2. The van der Waals surface area contributed by atoms with E-state index in [1.807, 2.05) is 18.2 Å². The van der Waals surface area contributed by atoms with E-state index in [1.165, 1.54) is 0 Å². The number of hydrogen-bond donors (Lipinski definition) is 2. The summed E-state index contributed by atoms with van der Waals surface area (Å²) in [5, 5.41) is 6.89. The van der Waals surface area contributed by atoms with Crippen LogP contribution in [0.25, 0.3) is 16.3 Å². The number of pyridine rings is 1. The maximum Gasteiger partial charge on any atom is 0.290 e. The number of nitrogen functional groups attached to an aromatic ring is 1. The Balaban J connectivity index is 0.000000337. The average molecular weight is 222 g/mol. The SMILES string of the molecule is C=Cc1cc2nccc(N)c2s1.O=CO. The molecule has 2 rings (SSSR count). The minimum Gasteiger partial charge on any atom is -0.483 e. The van der Waals surface area contributed by atoms with Crippen LogP contribution in [0, 0.1) is 0 Å². The van der Waals surface area contributed by atoms with Crippen LogP contribution in [-0.4, -0.2) is 16.6 Å². The van der Waals surface area contributed by atoms with E-state index in [0.717, 1.165) is 20.8 Å². The van der Waals surface area contributed by atoms with E-state index in [0.29, 0.717) is 0 Å². The summed E-state index contributed by atoms with van der Waals surface area (Å²) < 4.78 is 1.05. The Kier molecular flexibility index (Phi) is 3.82. The van der Waals surface area contributed by atoms with Crippen LogP contribution in [0.2, 0.25) is 0 Å². The fourth-order valence-corrected chi connectivity index (χ4v) is 1.97. The molecule has 0 aliphatic carbocycles. The Morgan fingerprint density at radius 1 is 1.60 bits per heavy atom. The highest BCUT2D eigenvalue weighted by Crippen LogP contribution is 2.28. The van der Waals surface area contributed by atoms with Crippen molar-refractivity contribution in [1.29, 1.82) is 0 Å². The maximum absolute atomic E-state index is 8.36. The predicted molar refractivity (Wildman–Crippen MR) is 62.8 cm³/mol. The first-order valence-electron chi connectivity index (χ1n) is 4.07. The van der Waals surface area contributed by atoms with Crippen molar-refractivity contribution in [3.8, 4) is 0 Å². The number of rotatable bonds is 1. The number of hydrogen-bond acceptors (Lipinski definition) is 4. The van der Waals surface area contributed by atoms with Crippen LogP contribution in [0.4, 0.5) is 5.69 Å². The van der Waals surface area contributed by atoms with Crippen LogP contribution in [0.15, 0.2) is 24.9 Å². The van der Waals surface area contributed by atoms with Crippen molar-refractivity contribution in [3.05, 3.63) is 29.8 Å². The number of aromatic nitrogens is 1. The molecule has 0 aromatic carbocycles. The van der Waals surface area contributed by atoms with E-state index in [9.17, 15) is 0 Å². The zero-order valence-electron chi connectivity index (χ0n) is 7.88. The minimum atomic E-state index is -0.250. The zero-order valence-corrected chi connectivity index (χ0v) is 8.70. The molecule has 4 nitrogen and oxygen atoms in total. The Labute approximate surface area is 90.7 Å². The smallest absolute Gasteiger partial charge is 0.290 e. The molecule has 0 atom stereocenters. The molecule has 3 N–H and O–H groups in total. The van der Waals surface area contributed by atoms with Crippen LogP contribution in [0.5, 0.6) is 0 Å². The van der Waals surface area contributed by atoms with E-state index in [1.54, 1.807) is 17.5 Å². The molecule has 0 saturated heterocycles. The lowest BCUT2D eigenvalue weighted by atomic mass is 10.3. The molecule has 2 aromatic rings. The molecule has 0 bridgehead atoms. The molecular formula is C10H10N2O2S. The van der Waals surface area contributed by atoms with Gasteiger partial charge in [-0.2, -0.15) is 0 Å². The molecule has 0 fully saturated rings. The lowest BCUT2D eigenvalue weighted by molar-refractivity contribution is -0.122. The molecule has 5 heteroatoms. The second-order valence-electron chi connectivity index (χ2n) is 2.57. The Morgan fingerprint density at radius 3 is 2.80 bits per heavy atom. The summed E-state index contributed by atoms with van der Waals surface area (Å²) in [7, 11) is 0. The van der Waals surface area contributed by atoms with Gasteiger partial charge in [0.25, 0.3) is 6.47 Å². The fraction of sp³-hybridized carbons (Fsp3) is 0. The van der Waals surface area contributed by atoms with Gasteiger partial charge >= 0.3 is 0 Å². The quantitative estimate of drug-likeness (QED) is 0.725. The van der Waals surface area contributed by atoms with Gasteiger partial charge in [0.1, 0.15) is 0 Å². The van der Waals surface area contributed by atoms with Gasteiger partial charge in [-0.3, -0.25) is 9.78 Å². The van der Waals surface area contributed by atoms with Crippen LogP contribution < -0.4 is 5.73 Å². The molecule has 0 unspecified atom stereocenters. The minimum absolute atomic E-state index is 0.250. The van der Waals surface area contributed by atoms with Crippen molar-refractivity contribution in [2.45, 2.75) is 0 Å². The molecule has 2 aromatic heterocycles. The largest absolute Gasteiger partial charge is 0.483 e. The molecule has 0 amide bonds. The van der Waals surface area contributed by atoms with Crippen molar-refractivity contribution >= 4 is 39.8 Å². The standard InChI is InChI=1S/C9H8N2S.CH2O2/c1-2-6-5-8-9(12-6)7(10)3-4-11-8;2-1-3/h2-5H,1H2,(H2,10,11);1H,(H,2,3). The van der Waals surface area contributed by atoms with E-state index in [4.69, 9.17) is 15.6 Å². The number of carboxylic acid groups (broad SMARTS) is 1. The highest BCUT2D eigenvalue weighted by atomic mass is 32.1. The van der Waals surface area contributed by atoms with E-state index >= 15 is 0 Å². The van der Waals surface area contributed by atoms with Crippen molar-refractivity contribution in [1.82, 2.24) is 4.98 Å². The van der Waals surface area contributed by atoms with Crippen LogP contribution in [-0.2, 0) is 4.79 Å². The second-order valence-corrected chi connectivity index (χ2v) is 3.66. The van der Waals surface area contributed by atoms with E-state index in [-0.39, 0.29) is 6.47 Å². The predicted octanol–water partition coefficient (Wildman–Crippen LogP) is 2.22. The highest BCUT2D eigenvalue weighted by molar-refractivity contribution is 7.20. The number of nitrogens with zero attached hydrogens (tertiary/aromatic N) is 1. The Morgan fingerprint density at radius 2 is 2.27 bits per heavy atom. The lowest BCUT2D eigenvalue weighted by Crippen LogP contribution is -1.83. The van der Waals surface area contributed by atoms with Gasteiger partial charge in [-0.05, 0) is 12.1 Å². The zero-order chi connectivity index (χ0) is 11.3. The summed E-state index contributed by atoms with van der Waals surface area (Å²) in [6.45, 7) is 3.45. The molecule has 0 radical (unpaired) electrons. The highest BCUT2D eigenvalue weighted by Gasteiger charge is 2.02. The summed E-state index contributed by atoms with van der Waals surface area (Å²) in [6.07, 6.45) is 3.53. The van der Waals surface area contributed by atoms with E-state index in [2.05, 4.69) is 11.6 Å². The molecule has 0 spiro atoms. The summed E-state index contributed by atoms with van der Waals surface area (Å²) in [6, 6.07) is 3.80. The average Bonchev–Trinajstić information content (AvgIpc) is 2.63. The van der Waals surface area contributed by atoms with Gasteiger partial charge in [-0.25, -0.2) is 0 Å². The summed E-state index contributed by atoms with van der Waals surface area (Å²) >= 11 is 1.62. The third-order valence-electron chi connectivity index (χ3n) is 1.66. The van der Waals surface area contributed by atoms with Crippen LogP contribution in [0.3, 0.4) is 0 Å². The van der Waals surface area contributed by atoms with Gasteiger partial charge in [0.15, 0.2) is 0 Å². The van der Waals surface area contributed by atoms with Gasteiger partial charge < -0.3 is 10.8 Å². The summed E-state index contributed by atoms with van der Waals surface area (Å²) in [5.74, 6) is 0. The number of anilines is 1. The molecule has 0 aliphatic heterocycles. The molecule has 78 valence electrons. The van der Waals surface area contributed by atoms with Gasteiger partial charge in [-0.15, -0.1) is 11.3 Å². The normalized spacial score (nSPS) is 9.07. The van der Waals surface area contributed by atoms with Crippen molar-refractivity contribution < 1.29 is 9.90 Å².